The molecule has 4 aliphatic rings. The molecule has 6 heteroatoms. The molecule has 3 saturated carbocycles. The maximum atomic E-state index is 12.9. The van der Waals surface area contributed by atoms with E-state index in [4.69, 9.17) is 4.98 Å². The first-order valence-electron chi connectivity index (χ1n) is 12.0. The monoisotopic (exact) mass is 427 g/mol. The maximum Gasteiger partial charge on any atom is 0.226 e. The number of aromatic amines is 1. The number of anilines is 1. The maximum absolute atomic E-state index is 12.9. The summed E-state index contributed by atoms with van der Waals surface area (Å²) < 4.78 is 0. The molecule has 0 aromatic carbocycles. The molecule has 1 N–H and O–H groups in total. The number of nitrogens with one attached hydrogen (secondary N) is 1. The zero-order chi connectivity index (χ0) is 21.8. The molecule has 0 spiro atoms. The highest BCUT2D eigenvalue weighted by Gasteiger charge is 2.45. The SMILES string of the molecule is C=Cc1c[nH]c(-c2cc(C#N)c(N3CCN(C(=O)C4CC4)C(C4CC4)C3)nc2C2CC2)c1. The number of hydrogen-bond acceptors (Lipinski definition) is 4. The number of pyridine rings is 1. The van der Waals surface area contributed by atoms with Crippen LogP contribution in [0.5, 0.6) is 0 Å². The van der Waals surface area contributed by atoms with Gasteiger partial charge in [-0.25, -0.2) is 4.98 Å². The van der Waals surface area contributed by atoms with Crippen molar-refractivity contribution in [1.82, 2.24) is 14.9 Å². The van der Waals surface area contributed by atoms with Gasteiger partial charge in [0, 0.05) is 48.9 Å². The number of H-pyrrole nitrogens is 1. The Bertz CT molecular complexity index is 1120. The summed E-state index contributed by atoms with van der Waals surface area (Å²) in [7, 11) is 0. The fourth-order valence-electron chi connectivity index (χ4n) is 5.13. The van der Waals surface area contributed by atoms with Gasteiger partial charge in [-0.05, 0) is 62.1 Å². The Morgan fingerprint density at radius 2 is 2.00 bits per heavy atom. The van der Waals surface area contributed by atoms with E-state index in [-0.39, 0.29) is 12.0 Å². The Morgan fingerprint density at radius 3 is 2.62 bits per heavy atom. The van der Waals surface area contributed by atoms with Crippen molar-refractivity contribution in [3.63, 3.8) is 0 Å². The first-order chi connectivity index (χ1) is 15.7. The van der Waals surface area contributed by atoms with E-state index < -0.39 is 0 Å². The molecule has 1 atom stereocenters. The van der Waals surface area contributed by atoms with E-state index in [1.165, 1.54) is 12.8 Å². The van der Waals surface area contributed by atoms with Crippen LogP contribution < -0.4 is 4.90 Å². The van der Waals surface area contributed by atoms with E-state index in [2.05, 4.69) is 33.5 Å². The summed E-state index contributed by atoms with van der Waals surface area (Å²) in [4.78, 5) is 25.8. The molecule has 1 aliphatic heterocycles. The highest BCUT2D eigenvalue weighted by Crippen LogP contribution is 2.45. The number of hydrogen-bond donors (Lipinski definition) is 1. The minimum absolute atomic E-state index is 0.257. The number of carbonyl (C=O) groups excluding carboxylic acids is 1. The van der Waals surface area contributed by atoms with Crippen LogP contribution in [0.15, 0.2) is 24.9 Å². The molecule has 0 bridgehead atoms. The lowest BCUT2D eigenvalue weighted by Crippen LogP contribution is -2.57. The van der Waals surface area contributed by atoms with Crippen LogP contribution in [-0.2, 0) is 4.79 Å². The van der Waals surface area contributed by atoms with Crippen molar-refractivity contribution >= 4 is 17.8 Å². The van der Waals surface area contributed by atoms with Crippen LogP contribution in [0.3, 0.4) is 0 Å². The molecule has 1 saturated heterocycles. The quantitative estimate of drug-likeness (QED) is 0.745. The average molecular weight is 428 g/mol. The van der Waals surface area contributed by atoms with E-state index in [1.54, 1.807) is 0 Å². The van der Waals surface area contributed by atoms with Gasteiger partial charge in [-0.2, -0.15) is 5.26 Å². The number of nitriles is 1. The molecular formula is C26H29N5O. The molecule has 6 nitrogen and oxygen atoms in total. The molecule has 1 amide bonds. The van der Waals surface area contributed by atoms with Crippen molar-refractivity contribution in [1.29, 1.82) is 5.26 Å². The van der Waals surface area contributed by atoms with Gasteiger partial charge >= 0.3 is 0 Å². The van der Waals surface area contributed by atoms with Gasteiger partial charge < -0.3 is 14.8 Å². The molecule has 3 heterocycles. The second-order valence-electron chi connectivity index (χ2n) is 9.89. The van der Waals surface area contributed by atoms with Crippen LogP contribution in [0.1, 0.15) is 61.3 Å². The lowest BCUT2D eigenvalue weighted by Gasteiger charge is -2.43. The Hall–Kier alpha value is -3.07. The van der Waals surface area contributed by atoms with Gasteiger partial charge in [0.25, 0.3) is 0 Å². The molecule has 2 aromatic rings. The number of carbonyl (C=O) groups is 1. The summed E-state index contributed by atoms with van der Waals surface area (Å²) in [6.07, 6.45) is 10.6. The molecule has 1 unspecified atom stereocenters. The standard InChI is InChI=1S/C26H29N5O/c1-2-16-11-22(28-14-16)21-12-20(13-27)25(29-24(21)18-5-6-18)30-9-10-31(26(32)19-7-8-19)23(15-30)17-3-4-17/h2,11-12,14,17-19,23,28H,1,3-10,15H2. The zero-order valence-electron chi connectivity index (χ0n) is 18.4. The highest BCUT2D eigenvalue weighted by atomic mass is 16.2. The molecule has 0 radical (unpaired) electrons. The molecule has 32 heavy (non-hydrogen) atoms. The molecule has 6 rings (SSSR count). The second-order valence-corrected chi connectivity index (χ2v) is 9.89. The van der Waals surface area contributed by atoms with E-state index in [9.17, 15) is 10.1 Å². The molecule has 2 aromatic heterocycles. The van der Waals surface area contributed by atoms with Gasteiger partial charge in [0.05, 0.1) is 17.3 Å². The van der Waals surface area contributed by atoms with Gasteiger partial charge in [-0.1, -0.05) is 12.7 Å². The summed E-state index contributed by atoms with van der Waals surface area (Å²) in [6.45, 7) is 6.13. The third-order valence-corrected chi connectivity index (χ3v) is 7.44. The summed E-state index contributed by atoms with van der Waals surface area (Å²) in [5.41, 5.74) is 4.77. The van der Waals surface area contributed by atoms with Gasteiger partial charge in [-0.3, -0.25) is 4.79 Å². The summed E-state index contributed by atoms with van der Waals surface area (Å²) in [5, 5.41) is 10.0. The largest absolute Gasteiger partial charge is 0.361 e. The predicted molar refractivity (Wildman–Crippen MR) is 124 cm³/mol. The van der Waals surface area contributed by atoms with Crippen LogP contribution in [0.4, 0.5) is 5.82 Å². The van der Waals surface area contributed by atoms with Crippen LogP contribution in [0.25, 0.3) is 17.3 Å². The summed E-state index contributed by atoms with van der Waals surface area (Å²) in [5.74, 6) is 2.48. The third kappa shape index (κ3) is 3.50. The first-order valence-corrected chi connectivity index (χ1v) is 12.0. The van der Waals surface area contributed by atoms with Gasteiger partial charge in [0.2, 0.25) is 5.91 Å². The third-order valence-electron chi connectivity index (χ3n) is 7.44. The molecule has 164 valence electrons. The number of rotatable bonds is 6. The highest BCUT2D eigenvalue weighted by molar-refractivity contribution is 5.82. The topological polar surface area (TPSA) is 76.0 Å². The number of amides is 1. The van der Waals surface area contributed by atoms with E-state index >= 15 is 0 Å². The Labute approximate surface area is 188 Å². The van der Waals surface area contributed by atoms with Crippen molar-refractivity contribution in [2.45, 2.75) is 50.5 Å². The minimum atomic E-state index is 0.257. The van der Waals surface area contributed by atoms with Crippen LogP contribution in [0.2, 0.25) is 0 Å². The second kappa shape index (κ2) is 7.51. The molecular weight excluding hydrogens is 398 g/mol. The Morgan fingerprint density at radius 1 is 1.19 bits per heavy atom. The number of nitrogens with zero attached hydrogens (tertiary/aromatic N) is 4. The summed E-state index contributed by atoms with van der Waals surface area (Å²) >= 11 is 0. The smallest absolute Gasteiger partial charge is 0.226 e. The van der Waals surface area contributed by atoms with E-state index in [0.717, 1.165) is 73.7 Å². The van der Waals surface area contributed by atoms with Gasteiger partial charge in [0.15, 0.2) is 0 Å². The van der Waals surface area contributed by atoms with E-state index in [0.29, 0.717) is 23.3 Å². The van der Waals surface area contributed by atoms with E-state index in [1.807, 2.05) is 18.3 Å². The average Bonchev–Trinajstić information content (AvgIpc) is 3.69. The van der Waals surface area contributed by atoms with Crippen molar-refractivity contribution in [2.75, 3.05) is 24.5 Å². The van der Waals surface area contributed by atoms with Crippen molar-refractivity contribution in [3.8, 4) is 17.3 Å². The molecule has 4 fully saturated rings. The Kier molecular flexibility index (Phi) is 4.60. The number of aromatic nitrogens is 2. The first kappa shape index (κ1) is 19.6. The summed E-state index contributed by atoms with van der Waals surface area (Å²) in [6, 6.07) is 6.76. The van der Waals surface area contributed by atoms with Gasteiger partial charge in [0.1, 0.15) is 11.9 Å². The molecule has 3 aliphatic carbocycles. The van der Waals surface area contributed by atoms with Crippen molar-refractivity contribution in [3.05, 3.63) is 41.7 Å². The van der Waals surface area contributed by atoms with Gasteiger partial charge in [-0.15, -0.1) is 0 Å². The fraction of sp³-hybridized carbons (Fsp3) is 0.500. The zero-order valence-corrected chi connectivity index (χ0v) is 18.4. The minimum Gasteiger partial charge on any atom is -0.361 e. The van der Waals surface area contributed by atoms with Crippen LogP contribution in [-0.4, -0.2) is 46.5 Å². The Balaban J connectivity index is 1.34. The number of piperazine rings is 1. The van der Waals surface area contributed by atoms with Crippen LogP contribution >= 0.6 is 0 Å². The van der Waals surface area contributed by atoms with Crippen molar-refractivity contribution < 1.29 is 4.79 Å². The predicted octanol–water partition coefficient (Wildman–Crippen LogP) is 4.31. The fourth-order valence-corrected chi connectivity index (χ4v) is 5.13. The lowest BCUT2D eigenvalue weighted by molar-refractivity contribution is -0.135. The normalized spacial score (nSPS) is 23.2. The van der Waals surface area contributed by atoms with Crippen molar-refractivity contribution in [2.24, 2.45) is 11.8 Å². The van der Waals surface area contributed by atoms with Crippen LogP contribution in [0, 0.1) is 23.2 Å². The lowest BCUT2D eigenvalue weighted by atomic mass is 10.0.